The number of carbonyl (C=O) groups excluding carboxylic acids is 2. The van der Waals surface area contributed by atoms with E-state index in [0.29, 0.717) is 61.1 Å². The lowest BCUT2D eigenvalue weighted by atomic mass is 9.84. The van der Waals surface area contributed by atoms with Gasteiger partial charge in [-0.2, -0.15) is 0 Å². The number of nitrogens with zero attached hydrogens (tertiary/aromatic N) is 4. The smallest absolute Gasteiger partial charge is 0.253 e. The van der Waals surface area contributed by atoms with Crippen molar-refractivity contribution in [3.63, 3.8) is 0 Å². The summed E-state index contributed by atoms with van der Waals surface area (Å²) in [5.41, 5.74) is 2.73. The molecule has 1 aliphatic heterocycles. The highest BCUT2D eigenvalue weighted by Crippen LogP contribution is 2.37. The van der Waals surface area contributed by atoms with E-state index in [0.717, 1.165) is 16.6 Å². The molecule has 39 heavy (non-hydrogen) atoms. The van der Waals surface area contributed by atoms with E-state index in [4.69, 9.17) is 16.3 Å². The molecular weight excluding hydrogens is 516 g/mol. The van der Waals surface area contributed by atoms with E-state index in [1.54, 1.807) is 7.11 Å². The zero-order valence-corrected chi connectivity index (χ0v) is 22.7. The Morgan fingerprint density at radius 3 is 2.62 bits per heavy atom. The minimum atomic E-state index is -0.446. The highest BCUT2D eigenvalue weighted by molar-refractivity contribution is 6.30. The van der Waals surface area contributed by atoms with Gasteiger partial charge in [0.15, 0.2) is 0 Å². The summed E-state index contributed by atoms with van der Waals surface area (Å²) < 4.78 is 5.99. The number of H-pyrrole nitrogens is 1. The zero-order valence-electron chi connectivity index (χ0n) is 22.0. The van der Waals surface area contributed by atoms with E-state index in [9.17, 15) is 9.59 Å². The fourth-order valence-electron chi connectivity index (χ4n) is 5.20. The predicted octanol–water partition coefficient (Wildman–Crippen LogP) is 4.66. The van der Waals surface area contributed by atoms with Gasteiger partial charge in [-0.25, -0.2) is 9.97 Å². The van der Waals surface area contributed by atoms with Crippen LogP contribution < -0.4 is 10.2 Å². The molecular formula is C29H31ClN6O3. The van der Waals surface area contributed by atoms with Crippen LogP contribution in [0.3, 0.4) is 0 Å². The molecule has 2 aromatic carbocycles. The van der Waals surface area contributed by atoms with Crippen LogP contribution in [0.4, 0.5) is 11.5 Å². The predicted molar refractivity (Wildman–Crippen MR) is 151 cm³/mol. The van der Waals surface area contributed by atoms with Crippen LogP contribution in [0.1, 0.15) is 35.7 Å². The van der Waals surface area contributed by atoms with Crippen molar-refractivity contribution in [1.29, 1.82) is 0 Å². The number of nitrogens with one attached hydrogen (secondary N) is 2. The summed E-state index contributed by atoms with van der Waals surface area (Å²) in [5.74, 6) is 0.556. The molecule has 0 radical (unpaired) electrons. The second kappa shape index (κ2) is 11.4. The SMILES string of the molecule is COC1(c2ccc(Cl)cc2)CCN(C(=O)c2cccc(N(CCNC(C)=O)c3ncnc4[nH]ccc34)c2)CC1. The molecule has 9 nitrogen and oxygen atoms in total. The van der Waals surface area contributed by atoms with Gasteiger partial charge in [-0.1, -0.05) is 29.8 Å². The third-order valence-electron chi connectivity index (χ3n) is 7.32. The highest BCUT2D eigenvalue weighted by atomic mass is 35.5. The Hall–Kier alpha value is -3.95. The molecule has 4 aromatic rings. The van der Waals surface area contributed by atoms with E-state index in [2.05, 4.69) is 20.3 Å². The van der Waals surface area contributed by atoms with Gasteiger partial charge in [0.25, 0.3) is 5.91 Å². The molecule has 1 fully saturated rings. The van der Waals surface area contributed by atoms with Crippen molar-refractivity contribution in [3.8, 4) is 0 Å². The van der Waals surface area contributed by atoms with Crippen LogP contribution >= 0.6 is 11.6 Å². The number of rotatable bonds is 8. The maximum absolute atomic E-state index is 13.6. The molecule has 0 bridgehead atoms. The van der Waals surface area contributed by atoms with Gasteiger partial charge in [0.05, 0.1) is 11.0 Å². The molecule has 2 N–H and O–H groups in total. The van der Waals surface area contributed by atoms with Crippen LogP contribution in [0.5, 0.6) is 0 Å². The Kier molecular flexibility index (Phi) is 7.81. The van der Waals surface area contributed by atoms with Gasteiger partial charge in [-0.05, 0) is 54.8 Å². The summed E-state index contributed by atoms with van der Waals surface area (Å²) in [4.78, 5) is 41.0. The number of anilines is 2. The van der Waals surface area contributed by atoms with Crippen molar-refractivity contribution in [2.75, 3.05) is 38.2 Å². The maximum atomic E-state index is 13.6. The molecule has 3 heterocycles. The van der Waals surface area contributed by atoms with Gasteiger partial charge in [0, 0.05) is 62.7 Å². The normalized spacial score (nSPS) is 14.8. The third-order valence-corrected chi connectivity index (χ3v) is 7.57. The van der Waals surface area contributed by atoms with Crippen molar-refractivity contribution in [2.45, 2.75) is 25.4 Å². The summed E-state index contributed by atoms with van der Waals surface area (Å²) in [5, 5.41) is 4.39. The zero-order chi connectivity index (χ0) is 27.4. The lowest BCUT2D eigenvalue weighted by Gasteiger charge is -2.41. The summed E-state index contributed by atoms with van der Waals surface area (Å²) >= 11 is 6.09. The van der Waals surface area contributed by atoms with E-state index < -0.39 is 5.60 Å². The van der Waals surface area contributed by atoms with Crippen molar-refractivity contribution in [1.82, 2.24) is 25.2 Å². The van der Waals surface area contributed by atoms with Crippen LogP contribution in [0.2, 0.25) is 5.02 Å². The molecule has 10 heteroatoms. The van der Waals surface area contributed by atoms with Crippen molar-refractivity contribution in [3.05, 3.63) is 83.3 Å². The Balaban J connectivity index is 1.37. The first-order valence-corrected chi connectivity index (χ1v) is 13.3. The van der Waals surface area contributed by atoms with Gasteiger partial charge in [0.1, 0.15) is 17.8 Å². The number of hydrogen-bond acceptors (Lipinski definition) is 6. The highest BCUT2D eigenvalue weighted by Gasteiger charge is 2.37. The van der Waals surface area contributed by atoms with E-state index >= 15 is 0 Å². The molecule has 1 saturated heterocycles. The van der Waals surface area contributed by atoms with Crippen molar-refractivity contribution in [2.24, 2.45) is 0 Å². The number of amides is 2. The van der Waals surface area contributed by atoms with Gasteiger partial charge in [0.2, 0.25) is 5.91 Å². The number of ether oxygens (including phenoxy) is 1. The number of carbonyl (C=O) groups is 2. The first-order valence-electron chi connectivity index (χ1n) is 12.9. The monoisotopic (exact) mass is 546 g/mol. The molecule has 202 valence electrons. The number of fused-ring (bicyclic) bond motifs is 1. The van der Waals surface area contributed by atoms with Crippen LogP contribution in [-0.4, -0.2) is 65.0 Å². The Morgan fingerprint density at radius 2 is 1.90 bits per heavy atom. The van der Waals surface area contributed by atoms with Crippen LogP contribution in [0, 0.1) is 0 Å². The van der Waals surface area contributed by atoms with E-state index in [1.165, 1.54) is 13.3 Å². The number of methoxy groups -OCH3 is 1. The summed E-state index contributed by atoms with van der Waals surface area (Å²) in [6.45, 7) is 3.51. The Morgan fingerprint density at radius 1 is 1.13 bits per heavy atom. The van der Waals surface area contributed by atoms with Gasteiger partial charge in [-0.15, -0.1) is 0 Å². The second-order valence-corrected chi connectivity index (χ2v) is 10.1. The van der Waals surface area contributed by atoms with Crippen LogP contribution in [-0.2, 0) is 15.1 Å². The Labute approximate surface area is 232 Å². The Bertz CT molecular complexity index is 1460. The van der Waals surface area contributed by atoms with Gasteiger partial charge in [-0.3, -0.25) is 9.59 Å². The number of benzene rings is 2. The molecule has 2 aromatic heterocycles. The minimum Gasteiger partial charge on any atom is -0.373 e. The second-order valence-electron chi connectivity index (χ2n) is 9.62. The summed E-state index contributed by atoms with van der Waals surface area (Å²) in [6.07, 6.45) is 4.69. The summed E-state index contributed by atoms with van der Waals surface area (Å²) in [7, 11) is 1.72. The molecule has 0 aliphatic carbocycles. The number of piperidine rings is 1. The largest absolute Gasteiger partial charge is 0.373 e. The number of likely N-dealkylation sites (tertiary alicyclic amines) is 1. The molecule has 0 spiro atoms. The van der Waals surface area contributed by atoms with Crippen molar-refractivity contribution < 1.29 is 14.3 Å². The molecule has 0 unspecified atom stereocenters. The van der Waals surface area contributed by atoms with E-state index in [-0.39, 0.29) is 11.8 Å². The van der Waals surface area contributed by atoms with Crippen LogP contribution in [0.25, 0.3) is 11.0 Å². The van der Waals surface area contributed by atoms with Gasteiger partial charge < -0.3 is 24.8 Å². The van der Waals surface area contributed by atoms with Crippen LogP contribution in [0.15, 0.2) is 67.1 Å². The fraction of sp³-hybridized carbons (Fsp3) is 0.310. The molecule has 0 saturated carbocycles. The number of hydrogen-bond donors (Lipinski definition) is 2. The molecule has 0 atom stereocenters. The first kappa shape index (κ1) is 26.6. The van der Waals surface area contributed by atoms with E-state index in [1.807, 2.05) is 70.6 Å². The average molecular weight is 547 g/mol. The minimum absolute atomic E-state index is 0.0334. The van der Waals surface area contributed by atoms with Gasteiger partial charge >= 0.3 is 0 Å². The lowest BCUT2D eigenvalue weighted by molar-refractivity contribution is -0.118. The molecule has 5 rings (SSSR count). The number of aromatic nitrogens is 3. The topological polar surface area (TPSA) is 103 Å². The average Bonchev–Trinajstić information content (AvgIpc) is 3.45. The summed E-state index contributed by atoms with van der Waals surface area (Å²) in [6, 6.07) is 17.2. The molecule has 2 amide bonds. The quantitative estimate of drug-likeness (QED) is 0.333. The lowest BCUT2D eigenvalue weighted by Crippen LogP contribution is -2.46. The number of halogens is 1. The van der Waals surface area contributed by atoms with Crippen molar-refractivity contribution >= 4 is 46.0 Å². The standard InChI is InChI=1S/C29H31ClN6O3/c1-20(37)31-14-17-36(27-25-10-13-32-26(25)33-19-34-27)24-5-3-4-21(18-24)28(38)35-15-11-29(39-2,12-16-35)22-6-8-23(30)9-7-22/h3-10,13,18-19H,11-12,14-17H2,1-2H3,(H,31,37)(H,32,33,34). The first-order chi connectivity index (χ1) is 18.9. The number of aromatic amines is 1. The fourth-order valence-corrected chi connectivity index (χ4v) is 5.33. The molecule has 1 aliphatic rings. The maximum Gasteiger partial charge on any atom is 0.253 e. The third kappa shape index (κ3) is 5.60.